The van der Waals surface area contributed by atoms with Gasteiger partial charge in [-0.2, -0.15) is 5.26 Å². The van der Waals surface area contributed by atoms with E-state index in [4.69, 9.17) is 10.00 Å². The Morgan fingerprint density at radius 2 is 2.40 bits per heavy atom. The van der Waals surface area contributed by atoms with Gasteiger partial charge in [-0.05, 0) is 36.6 Å². The van der Waals surface area contributed by atoms with E-state index in [2.05, 4.69) is 12.1 Å². The van der Waals surface area contributed by atoms with Crippen molar-refractivity contribution in [2.24, 2.45) is 0 Å². The summed E-state index contributed by atoms with van der Waals surface area (Å²) >= 11 is 0. The molecule has 0 spiro atoms. The molecule has 0 saturated heterocycles. The fourth-order valence-corrected chi connectivity index (χ4v) is 1.78. The van der Waals surface area contributed by atoms with Gasteiger partial charge < -0.3 is 9.64 Å². The summed E-state index contributed by atoms with van der Waals surface area (Å²) in [7, 11) is 1.93. The Morgan fingerprint density at radius 3 is 3.20 bits per heavy atom. The minimum atomic E-state index is 0.416. The maximum atomic E-state index is 8.62. The molecule has 0 aromatic heterocycles. The molecule has 0 bridgehead atoms. The summed E-state index contributed by atoms with van der Waals surface area (Å²) in [5.41, 5.74) is 2.34. The molecule has 1 aromatic rings. The summed E-state index contributed by atoms with van der Waals surface area (Å²) in [6, 6.07) is 8.26. The number of nitrogens with zero attached hydrogens (tertiary/aromatic N) is 2. The number of benzene rings is 1. The number of anilines is 1. The van der Waals surface area contributed by atoms with Gasteiger partial charge in [0.25, 0.3) is 0 Å². The highest BCUT2D eigenvalue weighted by atomic mass is 16.5. The molecule has 1 aliphatic rings. The molecule has 2 rings (SSSR count). The first-order chi connectivity index (χ1) is 7.31. The third kappa shape index (κ3) is 2.04. The molecule has 0 radical (unpaired) electrons. The maximum Gasteiger partial charge on any atom is 0.122 e. The predicted molar refractivity (Wildman–Crippen MR) is 59.1 cm³/mol. The van der Waals surface area contributed by atoms with Crippen LogP contribution in [0.3, 0.4) is 0 Å². The van der Waals surface area contributed by atoms with Crippen LogP contribution < -0.4 is 9.64 Å². The SMILES string of the molecule is CN(CC#N)c1ccc2c(c1)CCCO2. The molecule has 0 saturated carbocycles. The van der Waals surface area contributed by atoms with Crippen molar-refractivity contribution in [2.45, 2.75) is 12.8 Å². The van der Waals surface area contributed by atoms with E-state index in [-0.39, 0.29) is 0 Å². The molecule has 3 nitrogen and oxygen atoms in total. The van der Waals surface area contributed by atoms with Crippen LogP contribution in [0.5, 0.6) is 5.75 Å². The first kappa shape index (κ1) is 9.85. The molecule has 0 unspecified atom stereocenters. The van der Waals surface area contributed by atoms with Crippen LogP contribution in [-0.4, -0.2) is 20.2 Å². The third-order valence-corrected chi connectivity index (χ3v) is 2.64. The van der Waals surface area contributed by atoms with E-state index < -0.39 is 0 Å². The van der Waals surface area contributed by atoms with Gasteiger partial charge in [-0.25, -0.2) is 0 Å². The molecule has 1 aromatic carbocycles. The first-order valence-corrected chi connectivity index (χ1v) is 5.15. The van der Waals surface area contributed by atoms with Crippen LogP contribution in [0.15, 0.2) is 18.2 Å². The van der Waals surface area contributed by atoms with Crippen molar-refractivity contribution in [3.05, 3.63) is 23.8 Å². The lowest BCUT2D eigenvalue weighted by molar-refractivity contribution is 0.288. The molecule has 0 amide bonds. The van der Waals surface area contributed by atoms with Gasteiger partial charge in [-0.15, -0.1) is 0 Å². The largest absolute Gasteiger partial charge is 0.493 e. The summed E-state index contributed by atoms with van der Waals surface area (Å²) < 4.78 is 5.53. The van der Waals surface area contributed by atoms with Crippen LogP contribution in [0.1, 0.15) is 12.0 Å². The Labute approximate surface area is 89.9 Å². The second-order valence-corrected chi connectivity index (χ2v) is 3.76. The van der Waals surface area contributed by atoms with Gasteiger partial charge in [0, 0.05) is 12.7 Å². The molecule has 0 fully saturated rings. The van der Waals surface area contributed by atoms with Crippen molar-refractivity contribution >= 4 is 5.69 Å². The minimum Gasteiger partial charge on any atom is -0.493 e. The van der Waals surface area contributed by atoms with Gasteiger partial charge in [0.1, 0.15) is 12.3 Å². The van der Waals surface area contributed by atoms with Crippen molar-refractivity contribution in [2.75, 3.05) is 25.1 Å². The molecule has 1 aliphatic heterocycles. The molecule has 0 atom stereocenters. The Balaban J connectivity index is 2.24. The standard InChI is InChI=1S/C12H14N2O/c1-14(7-6-13)11-4-5-12-10(9-11)3-2-8-15-12/h4-5,9H,2-3,7-8H2,1H3. The van der Waals surface area contributed by atoms with Crippen molar-refractivity contribution in [1.82, 2.24) is 0 Å². The Bertz CT molecular complexity index is 395. The monoisotopic (exact) mass is 202 g/mol. The lowest BCUT2D eigenvalue weighted by Crippen LogP contribution is -2.17. The average molecular weight is 202 g/mol. The van der Waals surface area contributed by atoms with Crippen LogP contribution in [0.4, 0.5) is 5.69 Å². The topological polar surface area (TPSA) is 36.3 Å². The van der Waals surface area contributed by atoms with Crippen LogP contribution in [-0.2, 0) is 6.42 Å². The van der Waals surface area contributed by atoms with E-state index in [0.717, 1.165) is 30.9 Å². The second-order valence-electron chi connectivity index (χ2n) is 3.76. The van der Waals surface area contributed by atoms with E-state index in [9.17, 15) is 0 Å². The summed E-state index contributed by atoms with van der Waals surface area (Å²) in [6.07, 6.45) is 2.15. The van der Waals surface area contributed by atoms with Gasteiger partial charge in [0.15, 0.2) is 0 Å². The molecule has 1 heterocycles. The van der Waals surface area contributed by atoms with Crippen LogP contribution in [0.2, 0.25) is 0 Å². The average Bonchev–Trinajstić information content (AvgIpc) is 2.29. The maximum absolute atomic E-state index is 8.62. The summed E-state index contributed by atoms with van der Waals surface area (Å²) in [4.78, 5) is 1.94. The highest BCUT2D eigenvalue weighted by molar-refractivity contribution is 5.53. The smallest absolute Gasteiger partial charge is 0.122 e. The minimum absolute atomic E-state index is 0.416. The van der Waals surface area contributed by atoms with E-state index in [0.29, 0.717) is 6.54 Å². The third-order valence-electron chi connectivity index (χ3n) is 2.64. The Morgan fingerprint density at radius 1 is 1.53 bits per heavy atom. The van der Waals surface area contributed by atoms with Gasteiger partial charge in [-0.3, -0.25) is 0 Å². The number of rotatable bonds is 2. The molecule has 3 heteroatoms. The van der Waals surface area contributed by atoms with Gasteiger partial charge in [0.2, 0.25) is 0 Å². The lowest BCUT2D eigenvalue weighted by atomic mass is 10.1. The molecule has 15 heavy (non-hydrogen) atoms. The van der Waals surface area contributed by atoms with Crippen molar-refractivity contribution in [3.8, 4) is 11.8 Å². The van der Waals surface area contributed by atoms with Crippen LogP contribution in [0.25, 0.3) is 0 Å². The quantitative estimate of drug-likeness (QED) is 0.688. The molecule has 0 N–H and O–H groups in total. The number of hydrogen-bond acceptors (Lipinski definition) is 3. The van der Waals surface area contributed by atoms with Gasteiger partial charge >= 0.3 is 0 Å². The van der Waals surface area contributed by atoms with E-state index in [1.165, 1.54) is 5.56 Å². The molecular formula is C12H14N2O. The Kier molecular flexibility index (Phi) is 2.77. The fourth-order valence-electron chi connectivity index (χ4n) is 1.78. The van der Waals surface area contributed by atoms with E-state index >= 15 is 0 Å². The van der Waals surface area contributed by atoms with E-state index in [1.807, 2.05) is 24.1 Å². The highest BCUT2D eigenvalue weighted by Gasteiger charge is 2.11. The normalized spacial score (nSPS) is 13.6. The Hall–Kier alpha value is -1.69. The number of fused-ring (bicyclic) bond motifs is 1. The zero-order valence-electron chi connectivity index (χ0n) is 8.86. The van der Waals surface area contributed by atoms with Gasteiger partial charge in [0.05, 0.1) is 12.7 Å². The molecule has 0 aliphatic carbocycles. The van der Waals surface area contributed by atoms with E-state index in [1.54, 1.807) is 0 Å². The number of aryl methyl sites for hydroxylation is 1. The second kappa shape index (κ2) is 4.22. The number of nitriles is 1. The summed E-state index contributed by atoms with van der Waals surface area (Å²) in [5.74, 6) is 0.996. The molecule has 78 valence electrons. The van der Waals surface area contributed by atoms with Gasteiger partial charge in [-0.1, -0.05) is 0 Å². The first-order valence-electron chi connectivity index (χ1n) is 5.15. The molecular weight excluding hydrogens is 188 g/mol. The number of hydrogen-bond donors (Lipinski definition) is 0. The lowest BCUT2D eigenvalue weighted by Gasteiger charge is -2.21. The zero-order valence-corrected chi connectivity index (χ0v) is 8.86. The van der Waals surface area contributed by atoms with Crippen LogP contribution in [0, 0.1) is 11.3 Å². The predicted octanol–water partition coefficient (Wildman–Crippen LogP) is 1.97. The summed E-state index contributed by atoms with van der Waals surface area (Å²) in [5, 5.41) is 8.62. The number of ether oxygens (including phenoxy) is 1. The zero-order chi connectivity index (χ0) is 10.7. The van der Waals surface area contributed by atoms with Crippen molar-refractivity contribution in [1.29, 1.82) is 5.26 Å². The fraction of sp³-hybridized carbons (Fsp3) is 0.417. The van der Waals surface area contributed by atoms with Crippen LogP contribution >= 0.6 is 0 Å². The highest BCUT2D eigenvalue weighted by Crippen LogP contribution is 2.28. The van der Waals surface area contributed by atoms with Crippen molar-refractivity contribution < 1.29 is 4.74 Å². The summed E-state index contributed by atoms with van der Waals surface area (Å²) in [6.45, 7) is 1.24. The van der Waals surface area contributed by atoms with Crippen molar-refractivity contribution in [3.63, 3.8) is 0 Å².